The smallest absolute Gasteiger partial charge is 0.348 e. The van der Waals surface area contributed by atoms with Crippen molar-refractivity contribution in [3.05, 3.63) is 65.7 Å². The van der Waals surface area contributed by atoms with E-state index in [9.17, 15) is 9.59 Å². The van der Waals surface area contributed by atoms with Crippen molar-refractivity contribution < 1.29 is 14.4 Å². The van der Waals surface area contributed by atoms with Crippen LogP contribution in [0.1, 0.15) is 15.9 Å². The number of hydrogen-bond donors (Lipinski definition) is 3. The van der Waals surface area contributed by atoms with E-state index in [1.807, 2.05) is 30.3 Å². The zero-order valence-electron chi connectivity index (χ0n) is 11.9. The van der Waals surface area contributed by atoms with Crippen molar-refractivity contribution in [3.8, 4) is 0 Å². The molecule has 1 atom stereocenters. The Morgan fingerprint density at radius 1 is 1.05 bits per heavy atom. The minimum atomic E-state index is -0.764. The van der Waals surface area contributed by atoms with Gasteiger partial charge < -0.3 is 16.3 Å². The summed E-state index contributed by atoms with van der Waals surface area (Å²) in [5, 5.41) is 0. The van der Waals surface area contributed by atoms with Crippen LogP contribution in [0.2, 0.25) is 0 Å². The molecule has 0 aromatic heterocycles. The topological polar surface area (TPSA) is 107 Å². The minimum Gasteiger partial charge on any atom is -0.366 e. The average Bonchev–Trinajstić information content (AvgIpc) is 2.53. The number of anilines is 1. The lowest BCUT2D eigenvalue weighted by Crippen LogP contribution is -2.35. The van der Waals surface area contributed by atoms with Crippen molar-refractivity contribution >= 4 is 17.6 Å². The zero-order chi connectivity index (χ0) is 15.9. The standard InChI is InChI=1S/C16H17N3O3/c17-14(10-11-4-2-1-3-5-11)16(21)22-19-13-8-6-12(7-9-13)15(18)20/h1-9,14,19H,10,17H2,(H2,18,20)/t14-/m0/s1. The second-order valence-electron chi connectivity index (χ2n) is 4.76. The van der Waals surface area contributed by atoms with E-state index in [1.165, 1.54) is 12.1 Å². The Bertz CT molecular complexity index is 641. The Labute approximate surface area is 128 Å². The van der Waals surface area contributed by atoms with Crippen LogP contribution in [0.25, 0.3) is 0 Å². The molecule has 2 aromatic carbocycles. The van der Waals surface area contributed by atoms with Crippen molar-refractivity contribution in [1.29, 1.82) is 0 Å². The maximum absolute atomic E-state index is 11.8. The van der Waals surface area contributed by atoms with Crippen molar-refractivity contribution in [2.24, 2.45) is 11.5 Å². The average molecular weight is 299 g/mol. The zero-order valence-corrected chi connectivity index (χ0v) is 11.9. The fourth-order valence-electron chi connectivity index (χ4n) is 1.84. The summed E-state index contributed by atoms with van der Waals surface area (Å²) in [7, 11) is 0. The summed E-state index contributed by atoms with van der Waals surface area (Å²) in [6.07, 6.45) is 0.391. The van der Waals surface area contributed by atoms with Gasteiger partial charge in [0.1, 0.15) is 6.04 Å². The molecule has 114 valence electrons. The van der Waals surface area contributed by atoms with Crippen LogP contribution in [0.5, 0.6) is 0 Å². The van der Waals surface area contributed by atoms with Crippen LogP contribution in [0.15, 0.2) is 54.6 Å². The highest BCUT2D eigenvalue weighted by molar-refractivity contribution is 5.93. The molecule has 0 heterocycles. The predicted octanol–water partition coefficient (Wildman–Crippen LogP) is 1.23. The third-order valence-electron chi connectivity index (χ3n) is 3.04. The minimum absolute atomic E-state index is 0.373. The van der Waals surface area contributed by atoms with Crippen molar-refractivity contribution in [2.75, 3.05) is 5.48 Å². The van der Waals surface area contributed by atoms with E-state index < -0.39 is 17.9 Å². The molecular formula is C16H17N3O3. The van der Waals surface area contributed by atoms with E-state index in [2.05, 4.69) is 5.48 Å². The largest absolute Gasteiger partial charge is 0.366 e. The Morgan fingerprint density at radius 2 is 1.68 bits per heavy atom. The van der Waals surface area contributed by atoms with Crippen molar-refractivity contribution in [1.82, 2.24) is 0 Å². The van der Waals surface area contributed by atoms with E-state index in [0.717, 1.165) is 5.56 Å². The lowest BCUT2D eigenvalue weighted by molar-refractivity contribution is -0.142. The Balaban J connectivity index is 1.85. The molecule has 2 aromatic rings. The van der Waals surface area contributed by atoms with E-state index in [-0.39, 0.29) is 0 Å². The molecule has 6 heteroatoms. The predicted molar refractivity (Wildman–Crippen MR) is 82.8 cm³/mol. The van der Waals surface area contributed by atoms with E-state index in [1.54, 1.807) is 12.1 Å². The molecule has 1 amide bonds. The van der Waals surface area contributed by atoms with Gasteiger partial charge in [-0.25, -0.2) is 10.3 Å². The van der Waals surface area contributed by atoms with Crippen LogP contribution in [0, 0.1) is 0 Å². The molecule has 0 fully saturated rings. The van der Waals surface area contributed by atoms with Crippen LogP contribution in [-0.2, 0) is 16.1 Å². The van der Waals surface area contributed by atoms with Crippen molar-refractivity contribution in [3.63, 3.8) is 0 Å². The first kappa shape index (κ1) is 15.5. The van der Waals surface area contributed by atoms with Crippen LogP contribution < -0.4 is 16.9 Å². The Kier molecular flexibility index (Phi) is 5.11. The number of rotatable bonds is 6. The van der Waals surface area contributed by atoms with Crippen LogP contribution in [-0.4, -0.2) is 17.9 Å². The molecule has 0 spiro atoms. The van der Waals surface area contributed by atoms with Gasteiger partial charge in [0.25, 0.3) is 0 Å². The monoisotopic (exact) mass is 299 g/mol. The van der Waals surface area contributed by atoms with E-state index in [4.69, 9.17) is 16.3 Å². The van der Waals surface area contributed by atoms with Gasteiger partial charge in [0.15, 0.2) is 0 Å². The highest BCUT2D eigenvalue weighted by Crippen LogP contribution is 2.10. The van der Waals surface area contributed by atoms with E-state index in [0.29, 0.717) is 17.7 Å². The number of nitrogens with two attached hydrogens (primary N) is 2. The van der Waals surface area contributed by atoms with Gasteiger partial charge >= 0.3 is 5.97 Å². The molecule has 22 heavy (non-hydrogen) atoms. The van der Waals surface area contributed by atoms with Crippen LogP contribution >= 0.6 is 0 Å². The lowest BCUT2D eigenvalue weighted by atomic mass is 10.1. The summed E-state index contributed by atoms with van der Waals surface area (Å²) in [6.45, 7) is 0. The first-order valence-electron chi connectivity index (χ1n) is 6.72. The fourth-order valence-corrected chi connectivity index (χ4v) is 1.84. The third kappa shape index (κ3) is 4.32. The summed E-state index contributed by atoms with van der Waals surface area (Å²) in [5.41, 5.74) is 15.3. The third-order valence-corrected chi connectivity index (χ3v) is 3.04. The molecule has 0 radical (unpaired) electrons. The summed E-state index contributed by atoms with van der Waals surface area (Å²) >= 11 is 0. The van der Waals surface area contributed by atoms with Gasteiger partial charge in [-0.1, -0.05) is 30.3 Å². The molecule has 0 aliphatic rings. The van der Waals surface area contributed by atoms with Gasteiger partial charge in [-0.3, -0.25) is 4.79 Å². The molecule has 0 saturated carbocycles. The lowest BCUT2D eigenvalue weighted by Gasteiger charge is -2.12. The highest BCUT2D eigenvalue weighted by Gasteiger charge is 2.16. The molecule has 2 rings (SSSR count). The normalized spacial score (nSPS) is 11.5. The molecule has 0 saturated heterocycles. The Hall–Kier alpha value is -2.86. The second kappa shape index (κ2) is 7.24. The summed E-state index contributed by atoms with van der Waals surface area (Å²) in [4.78, 5) is 27.7. The summed E-state index contributed by atoms with van der Waals surface area (Å²) in [5.74, 6) is -1.09. The quantitative estimate of drug-likeness (QED) is 0.695. The SMILES string of the molecule is NC(=O)c1ccc(NOC(=O)[C@@H](N)Cc2ccccc2)cc1. The molecule has 5 N–H and O–H groups in total. The van der Waals surface area contributed by atoms with Gasteiger partial charge in [-0.15, -0.1) is 0 Å². The number of hydrogen-bond acceptors (Lipinski definition) is 5. The highest BCUT2D eigenvalue weighted by atomic mass is 16.7. The molecule has 6 nitrogen and oxygen atoms in total. The first-order valence-corrected chi connectivity index (χ1v) is 6.72. The summed E-state index contributed by atoms with van der Waals surface area (Å²) < 4.78 is 0. The number of carbonyl (C=O) groups is 2. The number of nitrogens with one attached hydrogen (secondary N) is 1. The first-order chi connectivity index (χ1) is 10.6. The molecule has 0 bridgehead atoms. The van der Waals surface area contributed by atoms with Gasteiger partial charge in [-0.05, 0) is 36.2 Å². The van der Waals surface area contributed by atoms with Gasteiger partial charge in [0.2, 0.25) is 5.91 Å². The maximum Gasteiger partial charge on any atom is 0.348 e. The number of carbonyl (C=O) groups excluding carboxylic acids is 2. The summed E-state index contributed by atoms with van der Waals surface area (Å²) in [6, 6.07) is 14.9. The van der Waals surface area contributed by atoms with Gasteiger partial charge in [0, 0.05) is 5.56 Å². The number of primary amides is 1. The maximum atomic E-state index is 11.8. The number of amides is 1. The number of benzene rings is 2. The molecule has 0 unspecified atom stereocenters. The van der Waals surface area contributed by atoms with Crippen molar-refractivity contribution in [2.45, 2.75) is 12.5 Å². The fraction of sp³-hybridized carbons (Fsp3) is 0.125. The molecular weight excluding hydrogens is 282 g/mol. The van der Waals surface area contributed by atoms with Crippen LogP contribution in [0.4, 0.5) is 5.69 Å². The van der Waals surface area contributed by atoms with E-state index >= 15 is 0 Å². The molecule has 0 aliphatic carbocycles. The Morgan fingerprint density at radius 3 is 2.27 bits per heavy atom. The van der Waals surface area contributed by atoms with Gasteiger partial charge in [-0.2, -0.15) is 0 Å². The van der Waals surface area contributed by atoms with Gasteiger partial charge in [0.05, 0.1) is 5.69 Å². The second-order valence-corrected chi connectivity index (χ2v) is 4.76. The molecule has 0 aliphatic heterocycles. The van der Waals surface area contributed by atoms with Crippen LogP contribution in [0.3, 0.4) is 0 Å².